The highest BCUT2D eigenvalue weighted by Crippen LogP contribution is 2.31. The predicted molar refractivity (Wildman–Crippen MR) is 89.5 cm³/mol. The van der Waals surface area contributed by atoms with Crippen molar-refractivity contribution in [1.82, 2.24) is 19.5 Å². The maximum atomic E-state index is 11.6. The minimum Gasteiger partial charge on any atom is -0.394 e. The molecule has 138 valence electrons. The Labute approximate surface area is 148 Å². The van der Waals surface area contributed by atoms with Crippen LogP contribution in [0.15, 0.2) is 6.33 Å². The van der Waals surface area contributed by atoms with Crippen molar-refractivity contribution in [2.45, 2.75) is 44.3 Å². The molecule has 0 aromatic carbocycles. The van der Waals surface area contributed by atoms with Gasteiger partial charge in [-0.3, -0.25) is 9.36 Å². The first-order valence-corrected chi connectivity index (χ1v) is 8.13. The Hall–Kier alpha value is -2.58. The van der Waals surface area contributed by atoms with E-state index in [4.69, 9.17) is 10.5 Å². The Bertz CT molecular complexity index is 886. The van der Waals surface area contributed by atoms with E-state index in [-0.39, 0.29) is 28.6 Å². The molecular formula is C16H19N5O5. The molecule has 4 atom stereocenters. The summed E-state index contributed by atoms with van der Waals surface area (Å²) < 4.78 is 6.86. The number of anilines is 1. The quantitative estimate of drug-likeness (QED) is 0.488. The molecule has 26 heavy (non-hydrogen) atoms. The maximum Gasteiger partial charge on any atom is 0.209 e. The van der Waals surface area contributed by atoms with Crippen LogP contribution in [0.4, 0.5) is 5.82 Å². The van der Waals surface area contributed by atoms with Crippen molar-refractivity contribution in [2.75, 3.05) is 12.3 Å². The number of aliphatic hydroxyl groups is 3. The smallest absolute Gasteiger partial charge is 0.209 e. The first kappa shape index (κ1) is 18.2. The molecule has 2 aromatic heterocycles. The summed E-state index contributed by atoms with van der Waals surface area (Å²) in [6.07, 6.45) is -2.12. The second kappa shape index (κ2) is 7.35. The number of hydrogen-bond acceptors (Lipinski definition) is 9. The van der Waals surface area contributed by atoms with Crippen LogP contribution in [0, 0.1) is 11.8 Å². The summed E-state index contributed by atoms with van der Waals surface area (Å²) in [5.41, 5.74) is 6.38. The Balaban J connectivity index is 1.99. The fraction of sp³-hybridized carbons (Fsp3) is 0.500. The predicted octanol–water partition coefficient (Wildman–Crippen LogP) is -1.26. The summed E-state index contributed by atoms with van der Waals surface area (Å²) in [6.45, 7) is 1.43. The van der Waals surface area contributed by atoms with Crippen molar-refractivity contribution in [3.05, 3.63) is 12.2 Å². The van der Waals surface area contributed by atoms with Gasteiger partial charge in [0.2, 0.25) is 11.6 Å². The number of hydrogen-bond donors (Lipinski definition) is 4. The van der Waals surface area contributed by atoms with Gasteiger partial charge in [-0.05, 0) is 18.3 Å². The van der Waals surface area contributed by atoms with Crippen molar-refractivity contribution in [3.63, 3.8) is 0 Å². The number of imidazole rings is 1. The van der Waals surface area contributed by atoms with E-state index >= 15 is 0 Å². The molecule has 2 aromatic rings. The molecular weight excluding hydrogens is 342 g/mol. The summed E-state index contributed by atoms with van der Waals surface area (Å²) in [5.74, 6) is 4.89. The Morgan fingerprint density at radius 1 is 1.38 bits per heavy atom. The Morgan fingerprint density at radius 3 is 2.81 bits per heavy atom. The third kappa shape index (κ3) is 3.25. The Morgan fingerprint density at radius 2 is 2.15 bits per heavy atom. The van der Waals surface area contributed by atoms with Gasteiger partial charge >= 0.3 is 0 Å². The minimum atomic E-state index is -1.29. The first-order valence-electron chi connectivity index (χ1n) is 8.13. The molecule has 0 aliphatic carbocycles. The third-order valence-corrected chi connectivity index (χ3v) is 4.03. The number of carbonyl (C=O) groups excluding carboxylic acids is 1. The molecule has 1 aliphatic rings. The second-order valence-electron chi connectivity index (χ2n) is 5.91. The molecule has 10 heteroatoms. The van der Waals surface area contributed by atoms with Gasteiger partial charge in [0, 0.05) is 6.42 Å². The monoisotopic (exact) mass is 361 g/mol. The zero-order valence-corrected chi connectivity index (χ0v) is 14.0. The maximum absolute atomic E-state index is 11.6. The number of rotatable bonds is 4. The average molecular weight is 361 g/mol. The zero-order chi connectivity index (χ0) is 18.8. The van der Waals surface area contributed by atoms with Gasteiger partial charge in [-0.1, -0.05) is 6.92 Å². The number of ketones is 1. The normalized spacial score (nSPS) is 25.2. The molecule has 0 spiro atoms. The lowest BCUT2D eigenvalue weighted by Crippen LogP contribution is -2.33. The molecule has 0 radical (unpaired) electrons. The molecule has 0 bridgehead atoms. The number of nitrogens with two attached hydrogens (primary N) is 1. The van der Waals surface area contributed by atoms with Crippen LogP contribution in [0.5, 0.6) is 0 Å². The standard InChI is InChI=1S/C16H19N5O5/c1-2-3-8(23)4-5-10-19-14(17)11-15(20-10)21(7-18-11)16-13(25)12(24)9(6-22)26-16/h7,9,12-13,16,22,24-25H,2-3,6H2,1H3,(H2,17,19,20)/t9-,12-,13-,16-/m1/s1. The number of nitrogens with zero attached hydrogens (tertiary/aromatic N) is 4. The molecule has 0 saturated carbocycles. The molecule has 1 fully saturated rings. The molecule has 3 rings (SSSR count). The lowest BCUT2D eigenvalue weighted by atomic mass is 10.1. The summed E-state index contributed by atoms with van der Waals surface area (Å²) in [7, 11) is 0. The summed E-state index contributed by atoms with van der Waals surface area (Å²) in [6, 6.07) is 0. The van der Waals surface area contributed by atoms with Gasteiger partial charge in [0.25, 0.3) is 0 Å². The van der Waals surface area contributed by atoms with E-state index in [1.807, 2.05) is 6.92 Å². The fourth-order valence-corrected chi connectivity index (χ4v) is 2.71. The highest BCUT2D eigenvalue weighted by Gasteiger charge is 2.44. The topological polar surface area (TPSA) is 157 Å². The molecule has 0 unspecified atom stereocenters. The largest absolute Gasteiger partial charge is 0.394 e. The van der Waals surface area contributed by atoms with Crippen molar-refractivity contribution < 1.29 is 24.9 Å². The molecule has 0 amide bonds. The van der Waals surface area contributed by atoms with Crippen LogP contribution in [0.3, 0.4) is 0 Å². The van der Waals surface area contributed by atoms with Gasteiger partial charge in [0.15, 0.2) is 17.7 Å². The number of fused-ring (bicyclic) bond motifs is 1. The van der Waals surface area contributed by atoms with E-state index < -0.39 is 31.1 Å². The second-order valence-corrected chi connectivity index (χ2v) is 5.91. The van der Waals surface area contributed by atoms with E-state index in [2.05, 4.69) is 26.8 Å². The van der Waals surface area contributed by atoms with Gasteiger partial charge in [0.1, 0.15) is 23.8 Å². The van der Waals surface area contributed by atoms with Crippen LogP contribution in [0.1, 0.15) is 31.8 Å². The van der Waals surface area contributed by atoms with Gasteiger partial charge in [-0.15, -0.1) is 0 Å². The van der Waals surface area contributed by atoms with E-state index in [0.717, 1.165) is 0 Å². The van der Waals surface area contributed by atoms with E-state index in [9.17, 15) is 20.1 Å². The molecule has 3 heterocycles. The number of Topliss-reactive ketones (excluding diaryl/α,β-unsaturated/α-hetero) is 1. The summed E-state index contributed by atoms with van der Waals surface area (Å²) in [4.78, 5) is 23.9. The average Bonchev–Trinajstić information content (AvgIpc) is 3.16. The number of carbonyl (C=O) groups is 1. The van der Waals surface area contributed by atoms with Crippen molar-refractivity contribution in [1.29, 1.82) is 0 Å². The van der Waals surface area contributed by atoms with Crippen LogP contribution < -0.4 is 5.73 Å². The van der Waals surface area contributed by atoms with Crippen molar-refractivity contribution in [3.8, 4) is 11.8 Å². The Kier molecular flexibility index (Phi) is 5.15. The summed E-state index contributed by atoms with van der Waals surface area (Å²) in [5, 5.41) is 29.3. The van der Waals surface area contributed by atoms with Gasteiger partial charge < -0.3 is 25.8 Å². The number of ether oxygens (including phenoxy) is 1. The molecule has 10 nitrogen and oxygen atoms in total. The minimum absolute atomic E-state index is 0.0351. The highest BCUT2D eigenvalue weighted by atomic mass is 16.6. The SMILES string of the molecule is CCCC(=O)C#Cc1nc(N)c2ncn([C@@H]3O[C@H](CO)[C@@H](O)[C@H]3O)c2n1. The molecule has 1 saturated heterocycles. The lowest BCUT2D eigenvalue weighted by molar-refractivity contribution is -0.113. The summed E-state index contributed by atoms with van der Waals surface area (Å²) >= 11 is 0. The van der Waals surface area contributed by atoms with Crippen LogP contribution in [-0.2, 0) is 9.53 Å². The first-order chi connectivity index (χ1) is 12.5. The lowest BCUT2D eigenvalue weighted by Gasteiger charge is -2.16. The van der Waals surface area contributed by atoms with Gasteiger partial charge in [-0.2, -0.15) is 0 Å². The van der Waals surface area contributed by atoms with E-state index in [1.54, 1.807) is 0 Å². The molecule has 5 N–H and O–H groups in total. The van der Waals surface area contributed by atoms with Crippen LogP contribution in [0.2, 0.25) is 0 Å². The zero-order valence-electron chi connectivity index (χ0n) is 14.0. The van der Waals surface area contributed by atoms with Gasteiger partial charge in [-0.25, -0.2) is 15.0 Å². The fourth-order valence-electron chi connectivity index (χ4n) is 2.71. The van der Waals surface area contributed by atoms with Gasteiger partial charge in [0.05, 0.1) is 12.9 Å². The van der Waals surface area contributed by atoms with Crippen LogP contribution >= 0.6 is 0 Å². The third-order valence-electron chi connectivity index (χ3n) is 4.03. The highest BCUT2D eigenvalue weighted by molar-refractivity contribution is 5.95. The van der Waals surface area contributed by atoms with Crippen LogP contribution in [-0.4, -0.2) is 65.5 Å². The van der Waals surface area contributed by atoms with Crippen LogP contribution in [0.25, 0.3) is 11.2 Å². The van der Waals surface area contributed by atoms with Crippen molar-refractivity contribution >= 4 is 22.8 Å². The number of nitrogen functional groups attached to an aromatic ring is 1. The molecule has 1 aliphatic heterocycles. The number of aliphatic hydroxyl groups excluding tert-OH is 3. The number of aromatic nitrogens is 4. The van der Waals surface area contributed by atoms with E-state index in [1.165, 1.54) is 10.9 Å². The van der Waals surface area contributed by atoms with E-state index in [0.29, 0.717) is 12.8 Å². The van der Waals surface area contributed by atoms with Crippen molar-refractivity contribution in [2.24, 2.45) is 0 Å².